The fraction of sp³-hybridized carbons (Fsp3) is 0.0500. The number of nitrogens with one attached hydrogen (secondary N) is 1. The summed E-state index contributed by atoms with van der Waals surface area (Å²) in [7, 11) is 0. The van der Waals surface area contributed by atoms with Crippen LogP contribution in [-0.2, 0) is 6.54 Å². The van der Waals surface area contributed by atoms with Gasteiger partial charge in [0, 0.05) is 33.9 Å². The molecule has 24 heavy (non-hydrogen) atoms. The minimum atomic E-state index is -0.501. The molecule has 0 aliphatic heterocycles. The van der Waals surface area contributed by atoms with Gasteiger partial charge in [-0.15, -0.1) is 0 Å². The van der Waals surface area contributed by atoms with Gasteiger partial charge in [-0.1, -0.05) is 48.5 Å². The molecule has 0 aliphatic rings. The van der Waals surface area contributed by atoms with Crippen LogP contribution in [0.1, 0.15) is 15.9 Å². The van der Waals surface area contributed by atoms with Gasteiger partial charge in [0.15, 0.2) is 0 Å². The monoisotopic (exact) mass is 316 g/mol. The molecule has 4 rings (SSSR count). The minimum Gasteiger partial charge on any atom is -0.336 e. The van der Waals surface area contributed by atoms with Crippen molar-refractivity contribution in [1.82, 2.24) is 10.0 Å². The van der Waals surface area contributed by atoms with Crippen LogP contribution in [-0.4, -0.2) is 15.7 Å². The van der Waals surface area contributed by atoms with E-state index in [1.165, 1.54) is 21.8 Å². The summed E-state index contributed by atoms with van der Waals surface area (Å²) in [6.45, 7) is 0.717. The minimum absolute atomic E-state index is 0.434. The lowest BCUT2D eigenvalue weighted by molar-refractivity contribution is 0.0706. The number of amides is 1. The Morgan fingerprint density at radius 2 is 1.38 bits per heavy atom. The molecule has 0 fully saturated rings. The Hall–Kier alpha value is -3.11. The maximum atomic E-state index is 11.4. The summed E-state index contributed by atoms with van der Waals surface area (Å²) in [4.78, 5) is 11.4. The number of nitrogens with zero attached hydrogens (tertiary/aromatic N) is 1. The molecular formula is C20H16N2O2. The Labute approximate surface area is 138 Å². The summed E-state index contributed by atoms with van der Waals surface area (Å²) in [5.41, 5.74) is 5.56. The third kappa shape index (κ3) is 2.33. The first-order chi connectivity index (χ1) is 11.8. The number of fused-ring (bicyclic) bond motifs is 3. The van der Waals surface area contributed by atoms with E-state index in [1.807, 2.05) is 24.3 Å². The van der Waals surface area contributed by atoms with Crippen molar-refractivity contribution in [2.45, 2.75) is 6.54 Å². The highest BCUT2D eigenvalue weighted by atomic mass is 16.5. The quantitative estimate of drug-likeness (QED) is 0.444. The summed E-state index contributed by atoms with van der Waals surface area (Å²) in [5.74, 6) is -0.501. The highest BCUT2D eigenvalue weighted by Gasteiger charge is 2.10. The molecule has 0 unspecified atom stereocenters. The van der Waals surface area contributed by atoms with Gasteiger partial charge in [-0.05, 0) is 29.8 Å². The number of rotatable bonds is 3. The van der Waals surface area contributed by atoms with E-state index in [9.17, 15) is 4.79 Å². The van der Waals surface area contributed by atoms with Crippen molar-refractivity contribution < 1.29 is 10.0 Å². The van der Waals surface area contributed by atoms with Gasteiger partial charge in [0.1, 0.15) is 0 Å². The maximum absolute atomic E-state index is 11.4. The molecule has 0 atom stereocenters. The zero-order valence-electron chi connectivity index (χ0n) is 12.9. The van der Waals surface area contributed by atoms with Crippen LogP contribution < -0.4 is 5.48 Å². The van der Waals surface area contributed by atoms with E-state index >= 15 is 0 Å². The highest BCUT2D eigenvalue weighted by Crippen LogP contribution is 2.29. The summed E-state index contributed by atoms with van der Waals surface area (Å²) in [6.07, 6.45) is 0. The molecule has 4 aromatic rings. The first-order valence-corrected chi connectivity index (χ1v) is 7.77. The van der Waals surface area contributed by atoms with Gasteiger partial charge >= 0.3 is 0 Å². The summed E-state index contributed by atoms with van der Waals surface area (Å²) in [5, 5.41) is 11.2. The van der Waals surface area contributed by atoms with E-state index in [0.29, 0.717) is 5.56 Å². The van der Waals surface area contributed by atoms with Crippen molar-refractivity contribution in [2.75, 3.05) is 0 Å². The molecule has 0 spiro atoms. The van der Waals surface area contributed by atoms with Crippen LogP contribution in [0.5, 0.6) is 0 Å². The number of aromatic nitrogens is 1. The third-order valence-electron chi connectivity index (χ3n) is 4.34. The van der Waals surface area contributed by atoms with Gasteiger partial charge in [0.25, 0.3) is 5.91 Å². The van der Waals surface area contributed by atoms with Gasteiger partial charge in [-0.2, -0.15) is 0 Å². The van der Waals surface area contributed by atoms with Crippen LogP contribution >= 0.6 is 0 Å². The molecule has 0 aliphatic carbocycles. The molecular weight excluding hydrogens is 300 g/mol. The SMILES string of the molecule is O=C(NO)c1ccc(Cn2c3ccccc3c3ccccc32)cc1. The number of hydrogen-bond donors (Lipinski definition) is 2. The predicted octanol–water partition coefficient (Wildman–Crippen LogP) is 3.96. The number of benzene rings is 3. The standard InChI is InChI=1S/C20H16N2O2/c23-20(21-24)15-11-9-14(10-12-15)13-22-18-7-3-1-5-16(18)17-6-2-4-8-19(17)22/h1-12,24H,13H2,(H,21,23). The van der Waals surface area contributed by atoms with Crippen molar-refractivity contribution >= 4 is 27.7 Å². The van der Waals surface area contributed by atoms with Crippen LogP contribution in [0.4, 0.5) is 0 Å². The first-order valence-electron chi connectivity index (χ1n) is 7.77. The fourth-order valence-electron chi connectivity index (χ4n) is 3.18. The molecule has 1 amide bonds. The summed E-state index contributed by atoms with van der Waals surface area (Å²) in [6, 6.07) is 24.0. The molecule has 4 nitrogen and oxygen atoms in total. The molecule has 2 N–H and O–H groups in total. The smallest absolute Gasteiger partial charge is 0.274 e. The molecule has 4 heteroatoms. The van der Waals surface area contributed by atoms with Crippen molar-refractivity contribution in [3.05, 3.63) is 83.9 Å². The van der Waals surface area contributed by atoms with E-state index in [1.54, 1.807) is 17.6 Å². The lowest BCUT2D eigenvalue weighted by Gasteiger charge is -2.08. The van der Waals surface area contributed by atoms with Crippen molar-refractivity contribution in [3.8, 4) is 0 Å². The van der Waals surface area contributed by atoms with Crippen molar-refractivity contribution in [2.24, 2.45) is 0 Å². The number of carbonyl (C=O) groups excluding carboxylic acids is 1. The lowest BCUT2D eigenvalue weighted by atomic mass is 10.1. The number of para-hydroxylation sites is 2. The summed E-state index contributed by atoms with van der Waals surface area (Å²) < 4.78 is 2.28. The largest absolute Gasteiger partial charge is 0.336 e. The topological polar surface area (TPSA) is 54.3 Å². The molecule has 0 bridgehead atoms. The molecule has 0 saturated carbocycles. The van der Waals surface area contributed by atoms with Crippen LogP contribution in [0, 0.1) is 0 Å². The Bertz CT molecular complexity index is 979. The number of carbonyl (C=O) groups is 1. The zero-order valence-corrected chi connectivity index (χ0v) is 12.9. The number of hydrogen-bond acceptors (Lipinski definition) is 2. The van der Waals surface area contributed by atoms with Crippen molar-refractivity contribution in [1.29, 1.82) is 0 Å². The van der Waals surface area contributed by atoms with E-state index in [2.05, 4.69) is 41.0 Å². The Morgan fingerprint density at radius 1 is 0.833 bits per heavy atom. The van der Waals surface area contributed by atoms with Crippen LogP contribution in [0.2, 0.25) is 0 Å². The highest BCUT2D eigenvalue weighted by molar-refractivity contribution is 6.08. The van der Waals surface area contributed by atoms with E-state index in [4.69, 9.17) is 5.21 Å². The lowest BCUT2D eigenvalue weighted by Crippen LogP contribution is -2.18. The fourth-order valence-corrected chi connectivity index (χ4v) is 3.18. The average Bonchev–Trinajstić information content (AvgIpc) is 2.96. The van der Waals surface area contributed by atoms with Crippen molar-refractivity contribution in [3.63, 3.8) is 0 Å². The normalized spacial score (nSPS) is 11.0. The second-order valence-electron chi connectivity index (χ2n) is 5.76. The van der Waals surface area contributed by atoms with Crippen LogP contribution in [0.15, 0.2) is 72.8 Å². The Balaban J connectivity index is 1.80. The van der Waals surface area contributed by atoms with Gasteiger partial charge in [0.05, 0.1) is 0 Å². The second-order valence-corrected chi connectivity index (χ2v) is 5.76. The average molecular weight is 316 g/mol. The Kier molecular flexibility index (Phi) is 3.52. The Morgan fingerprint density at radius 3 is 1.92 bits per heavy atom. The van der Waals surface area contributed by atoms with E-state index < -0.39 is 5.91 Å². The van der Waals surface area contributed by atoms with E-state index in [0.717, 1.165) is 12.1 Å². The maximum Gasteiger partial charge on any atom is 0.274 e. The molecule has 1 aromatic heterocycles. The van der Waals surface area contributed by atoms with Crippen LogP contribution in [0.3, 0.4) is 0 Å². The van der Waals surface area contributed by atoms with Gasteiger partial charge < -0.3 is 4.57 Å². The third-order valence-corrected chi connectivity index (χ3v) is 4.34. The predicted molar refractivity (Wildman–Crippen MR) is 94.2 cm³/mol. The van der Waals surface area contributed by atoms with Crippen LogP contribution in [0.25, 0.3) is 21.8 Å². The summed E-state index contributed by atoms with van der Waals surface area (Å²) >= 11 is 0. The van der Waals surface area contributed by atoms with Gasteiger partial charge in [0.2, 0.25) is 0 Å². The zero-order chi connectivity index (χ0) is 16.5. The van der Waals surface area contributed by atoms with E-state index in [-0.39, 0.29) is 0 Å². The number of hydroxylamine groups is 1. The molecule has 0 radical (unpaired) electrons. The molecule has 3 aromatic carbocycles. The van der Waals surface area contributed by atoms with Gasteiger partial charge in [-0.3, -0.25) is 10.0 Å². The molecule has 118 valence electrons. The van der Waals surface area contributed by atoms with Gasteiger partial charge in [-0.25, -0.2) is 5.48 Å². The first kappa shape index (κ1) is 14.5. The second kappa shape index (κ2) is 5.83. The molecule has 1 heterocycles. The molecule has 0 saturated heterocycles.